The first kappa shape index (κ1) is 12.1. The number of rotatable bonds is 6. The quantitative estimate of drug-likeness (QED) is 0.568. The molecule has 3 N–H and O–H groups in total. The van der Waals surface area contributed by atoms with E-state index in [1.165, 1.54) is 11.3 Å². The largest absolute Gasteiger partial charge is 0.383 e. The SMILES string of the molecule is CCN(CC)CCc1ncc(C(=N)N)s1. The van der Waals surface area contributed by atoms with Gasteiger partial charge in [-0.1, -0.05) is 13.8 Å². The molecule has 0 amide bonds. The van der Waals surface area contributed by atoms with Crippen LogP contribution in [-0.4, -0.2) is 35.4 Å². The van der Waals surface area contributed by atoms with Gasteiger partial charge in [0.15, 0.2) is 0 Å². The third-order valence-electron chi connectivity index (χ3n) is 2.36. The zero-order valence-electron chi connectivity index (χ0n) is 9.29. The monoisotopic (exact) mass is 226 g/mol. The average Bonchev–Trinajstić information content (AvgIpc) is 2.68. The van der Waals surface area contributed by atoms with Crippen molar-refractivity contribution in [2.24, 2.45) is 5.73 Å². The van der Waals surface area contributed by atoms with Gasteiger partial charge in [-0.05, 0) is 13.1 Å². The van der Waals surface area contributed by atoms with E-state index in [9.17, 15) is 0 Å². The smallest absolute Gasteiger partial charge is 0.134 e. The summed E-state index contributed by atoms with van der Waals surface area (Å²) in [5.41, 5.74) is 5.38. The molecule has 0 spiro atoms. The van der Waals surface area contributed by atoms with Gasteiger partial charge < -0.3 is 10.6 Å². The van der Waals surface area contributed by atoms with Crippen LogP contribution in [0.15, 0.2) is 6.20 Å². The Morgan fingerprint density at radius 2 is 2.20 bits per heavy atom. The molecule has 0 radical (unpaired) electrons. The third-order valence-corrected chi connectivity index (χ3v) is 3.45. The fraction of sp³-hybridized carbons (Fsp3) is 0.600. The van der Waals surface area contributed by atoms with Crippen LogP contribution >= 0.6 is 11.3 Å². The first-order valence-corrected chi connectivity index (χ1v) is 6.00. The number of nitrogen functional groups attached to an aromatic ring is 1. The van der Waals surface area contributed by atoms with Crippen LogP contribution in [-0.2, 0) is 6.42 Å². The van der Waals surface area contributed by atoms with Crippen molar-refractivity contribution in [3.05, 3.63) is 16.1 Å². The van der Waals surface area contributed by atoms with E-state index in [-0.39, 0.29) is 5.84 Å². The number of likely N-dealkylation sites (N-methyl/N-ethyl adjacent to an activating group) is 1. The Bertz CT molecular complexity index is 317. The van der Waals surface area contributed by atoms with Crippen LogP contribution in [0.1, 0.15) is 23.7 Å². The molecule has 0 aliphatic carbocycles. The predicted octanol–water partition coefficient (Wildman–Crippen LogP) is 1.31. The first-order valence-electron chi connectivity index (χ1n) is 5.18. The molecule has 0 aliphatic heterocycles. The topological polar surface area (TPSA) is 66.0 Å². The van der Waals surface area contributed by atoms with E-state index in [1.54, 1.807) is 6.20 Å². The molecule has 5 heteroatoms. The Kier molecular flexibility index (Phi) is 4.71. The van der Waals surface area contributed by atoms with E-state index in [0.717, 1.165) is 35.9 Å². The maximum absolute atomic E-state index is 7.28. The summed E-state index contributed by atoms with van der Waals surface area (Å²) in [6, 6.07) is 0. The minimum absolute atomic E-state index is 0.113. The zero-order chi connectivity index (χ0) is 11.3. The van der Waals surface area contributed by atoms with Crippen LogP contribution in [0.25, 0.3) is 0 Å². The van der Waals surface area contributed by atoms with Gasteiger partial charge in [-0.3, -0.25) is 5.41 Å². The second-order valence-corrected chi connectivity index (χ2v) is 4.42. The number of thiazole rings is 1. The number of aromatic nitrogens is 1. The highest BCUT2D eigenvalue weighted by atomic mass is 32.1. The van der Waals surface area contributed by atoms with Crippen LogP contribution in [0, 0.1) is 5.41 Å². The molecule has 0 unspecified atom stereocenters. The molecule has 0 aliphatic rings. The highest BCUT2D eigenvalue weighted by Gasteiger charge is 2.05. The van der Waals surface area contributed by atoms with E-state index in [1.807, 2.05) is 0 Å². The summed E-state index contributed by atoms with van der Waals surface area (Å²) in [7, 11) is 0. The molecule has 1 aromatic heterocycles. The fourth-order valence-corrected chi connectivity index (χ4v) is 2.11. The number of nitrogens with zero attached hydrogens (tertiary/aromatic N) is 2. The fourth-order valence-electron chi connectivity index (χ4n) is 1.34. The lowest BCUT2D eigenvalue weighted by atomic mass is 10.4. The minimum Gasteiger partial charge on any atom is -0.383 e. The number of hydrogen-bond donors (Lipinski definition) is 2. The summed E-state index contributed by atoms with van der Waals surface area (Å²) in [6.07, 6.45) is 2.63. The molecule has 1 rings (SSSR count). The van der Waals surface area contributed by atoms with Crippen molar-refractivity contribution in [1.29, 1.82) is 5.41 Å². The lowest BCUT2D eigenvalue weighted by Crippen LogP contribution is -2.25. The van der Waals surface area contributed by atoms with E-state index < -0.39 is 0 Å². The molecule has 4 nitrogen and oxygen atoms in total. The second-order valence-electron chi connectivity index (χ2n) is 3.31. The highest BCUT2D eigenvalue weighted by Crippen LogP contribution is 2.12. The normalized spacial score (nSPS) is 10.9. The van der Waals surface area contributed by atoms with Gasteiger partial charge in [0, 0.05) is 19.2 Å². The van der Waals surface area contributed by atoms with Gasteiger partial charge in [0.2, 0.25) is 0 Å². The number of nitrogens with one attached hydrogen (secondary N) is 1. The molecule has 0 atom stereocenters. The first-order chi connectivity index (χ1) is 7.17. The van der Waals surface area contributed by atoms with Crippen molar-refractivity contribution in [3.8, 4) is 0 Å². The minimum atomic E-state index is 0.113. The van der Waals surface area contributed by atoms with Gasteiger partial charge in [0.05, 0.1) is 9.88 Å². The second kappa shape index (κ2) is 5.82. The summed E-state index contributed by atoms with van der Waals surface area (Å²) in [6.45, 7) is 7.49. The molecule has 0 bridgehead atoms. The van der Waals surface area contributed by atoms with Crippen LogP contribution in [0.5, 0.6) is 0 Å². The van der Waals surface area contributed by atoms with Crippen LogP contribution in [0.4, 0.5) is 0 Å². The van der Waals surface area contributed by atoms with Crippen molar-refractivity contribution in [3.63, 3.8) is 0 Å². The summed E-state index contributed by atoms with van der Waals surface area (Å²) < 4.78 is 0. The molecule has 84 valence electrons. The molecule has 0 aromatic carbocycles. The standard InChI is InChI=1S/C10H18N4S/c1-3-14(4-2)6-5-9-13-7-8(15-9)10(11)12/h7H,3-6H2,1-2H3,(H3,11,12). The van der Waals surface area contributed by atoms with E-state index in [2.05, 4.69) is 23.7 Å². The number of amidine groups is 1. The molecule has 0 fully saturated rings. The molecular weight excluding hydrogens is 208 g/mol. The van der Waals surface area contributed by atoms with Crippen molar-refractivity contribution >= 4 is 17.2 Å². The van der Waals surface area contributed by atoms with Crippen LogP contribution in [0.2, 0.25) is 0 Å². The Balaban J connectivity index is 2.47. The predicted molar refractivity (Wildman–Crippen MR) is 64.6 cm³/mol. The summed E-state index contributed by atoms with van der Waals surface area (Å²) in [5.74, 6) is 0.113. The van der Waals surface area contributed by atoms with Gasteiger partial charge in [0.1, 0.15) is 5.84 Å². The van der Waals surface area contributed by atoms with Gasteiger partial charge in [-0.25, -0.2) is 4.98 Å². The Labute approximate surface area is 94.6 Å². The number of nitrogens with two attached hydrogens (primary N) is 1. The maximum atomic E-state index is 7.28. The Hall–Kier alpha value is -0.940. The summed E-state index contributed by atoms with van der Waals surface area (Å²) in [5, 5.41) is 8.34. The van der Waals surface area contributed by atoms with E-state index in [0.29, 0.717) is 0 Å². The van der Waals surface area contributed by atoms with Crippen molar-refractivity contribution < 1.29 is 0 Å². The van der Waals surface area contributed by atoms with Crippen LogP contribution < -0.4 is 5.73 Å². The van der Waals surface area contributed by atoms with E-state index >= 15 is 0 Å². The van der Waals surface area contributed by atoms with Gasteiger partial charge in [-0.15, -0.1) is 11.3 Å². The number of hydrogen-bond acceptors (Lipinski definition) is 4. The lowest BCUT2D eigenvalue weighted by Gasteiger charge is -2.16. The molecular formula is C10H18N4S. The van der Waals surface area contributed by atoms with Crippen molar-refractivity contribution in [2.45, 2.75) is 20.3 Å². The molecule has 0 saturated heterocycles. The molecule has 1 heterocycles. The highest BCUT2D eigenvalue weighted by molar-refractivity contribution is 7.13. The van der Waals surface area contributed by atoms with Crippen LogP contribution in [0.3, 0.4) is 0 Å². The maximum Gasteiger partial charge on any atom is 0.134 e. The van der Waals surface area contributed by atoms with Gasteiger partial charge in [0.25, 0.3) is 0 Å². The summed E-state index contributed by atoms with van der Waals surface area (Å²) >= 11 is 1.52. The van der Waals surface area contributed by atoms with E-state index in [4.69, 9.17) is 11.1 Å². The lowest BCUT2D eigenvalue weighted by molar-refractivity contribution is 0.308. The molecule has 15 heavy (non-hydrogen) atoms. The Morgan fingerprint density at radius 1 is 1.53 bits per heavy atom. The zero-order valence-corrected chi connectivity index (χ0v) is 10.1. The third kappa shape index (κ3) is 3.60. The van der Waals surface area contributed by atoms with Gasteiger partial charge in [-0.2, -0.15) is 0 Å². The Morgan fingerprint density at radius 3 is 2.67 bits per heavy atom. The van der Waals surface area contributed by atoms with Gasteiger partial charge >= 0.3 is 0 Å². The van der Waals surface area contributed by atoms with Crippen molar-refractivity contribution in [2.75, 3.05) is 19.6 Å². The molecule has 0 saturated carbocycles. The molecule has 1 aromatic rings. The average molecular weight is 226 g/mol. The van der Waals surface area contributed by atoms with Crippen molar-refractivity contribution in [1.82, 2.24) is 9.88 Å². The summed E-state index contributed by atoms with van der Waals surface area (Å²) in [4.78, 5) is 7.37.